The van der Waals surface area contributed by atoms with Crippen molar-refractivity contribution in [2.45, 2.75) is 0 Å². The molecule has 0 radical (unpaired) electrons. The van der Waals surface area contributed by atoms with Gasteiger partial charge in [0.25, 0.3) is 0 Å². The molecule has 0 saturated heterocycles. The molecule has 0 amide bonds. The van der Waals surface area contributed by atoms with E-state index in [1.54, 1.807) is 36.4 Å². The Morgan fingerprint density at radius 1 is 0.452 bits per heavy atom. The third kappa shape index (κ3) is 4.95. The molecule has 3 aromatic rings. The van der Waals surface area contributed by atoms with Crippen molar-refractivity contribution in [3.05, 3.63) is 66.5 Å². The minimum Gasteiger partial charge on any atom is -0.495 e. The van der Waals surface area contributed by atoms with E-state index in [2.05, 4.69) is 0 Å². The van der Waals surface area contributed by atoms with E-state index < -0.39 is 6.71 Å². The zero-order chi connectivity index (χ0) is 22.9. The van der Waals surface area contributed by atoms with Crippen LogP contribution in [0.3, 0.4) is 0 Å². The fraction of sp³-hybridized carbons (Fsp3) is 0.143. The second kappa shape index (κ2) is 10.2. The molecule has 3 nitrogen and oxygen atoms in total. The highest BCUT2D eigenvalue weighted by molar-refractivity contribution is 6.98. The monoisotopic (exact) mass is 536 g/mol. The highest BCUT2D eigenvalue weighted by Gasteiger charge is 2.31. The predicted octanol–water partition coefficient (Wildman–Crippen LogP) is 6.15. The Labute approximate surface area is 211 Å². The summed E-state index contributed by atoms with van der Waals surface area (Å²) in [6, 6.07) is 10.0. The lowest BCUT2D eigenvalue weighted by molar-refractivity contribution is 0.415. The third-order valence-corrected chi connectivity index (χ3v) is 6.61. The molecule has 0 fully saturated rings. The maximum Gasteiger partial charge on any atom is 0.247 e. The second-order valence-electron chi connectivity index (χ2n) is 6.46. The molecule has 3 aromatic carbocycles. The van der Waals surface area contributed by atoms with Crippen LogP contribution in [0.5, 0.6) is 17.2 Å². The van der Waals surface area contributed by atoms with Crippen LogP contribution in [0.25, 0.3) is 0 Å². The predicted molar refractivity (Wildman–Crippen MR) is 134 cm³/mol. The van der Waals surface area contributed by atoms with E-state index in [1.165, 1.54) is 21.3 Å². The Kier molecular flexibility index (Phi) is 8.07. The Hall–Kier alpha value is -1.14. The van der Waals surface area contributed by atoms with E-state index in [4.69, 9.17) is 83.8 Å². The number of rotatable bonds is 6. The molecule has 0 aliphatic heterocycles. The summed E-state index contributed by atoms with van der Waals surface area (Å²) in [6.07, 6.45) is 0. The number of benzene rings is 3. The molecule has 31 heavy (non-hydrogen) atoms. The quantitative estimate of drug-likeness (QED) is 0.352. The van der Waals surface area contributed by atoms with Crippen LogP contribution in [0.4, 0.5) is 0 Å². The van der Waals surface area contributed by atoms with Crippen molar-refractivity contribution >= 4 is 92.7 Å². The van der Waals surface area contributed by atoms with Crippen molar-refractivity contribution in [3.8, 4) is 17.2 Å². The molecule has 162 valence electrons. The molecule has 10 heteroatoms. The molecule has 3 rings (SSSR count). The van der Waals surface area contributed by atoms with Gasteiger partial charge in [0.2, 0.25) is 6.71 Å². The lowest BCUT2D eigenvalue weighted by atomic mass is 9.36. The highest BCUT2D eigenvalue weighted by atomic mass is 35.5. The van der Waals surface area contributed by atoms with Crippen molar-refractivity contribution in [3.63, 3.8) is 0 Å². The summed E-state index contributed by atoms with van der Waals surface area (Å²) >= 11 is 38.7. The summed E-state index contributed by atoms with van der Waals surface area (Å²) < 4.78 is 16.2. The molecule has 0 aliphatic carbocycles. The molecule has 0 atom stereocenters. The van der Waals surface area contributed by atoms with Gasteiger partial charge in [-0.3, -0.25) is 0 Å². The zero-order valence-electron chi connectivity index (χ0n) is 16.5. The topological polar surface area (TPSA) is 27.7 Å². The van der Waals surface area contributed by atoms with Crippen molar-refractivity contribution < 1.29 is 14.2 Å². The van der Waals surface area contributed by atoms with Gasteiger partial charge in [-0.15, -0.1) is 0 Å². The summed E-state index contributed by atoms with van der Waals surface area (Å²) in [6.45, 7) is -0.545. The maximum absolute atomic E-state index is 6.63. The maximum atomic E-state index is 6.63. The summed E-state index contributed by atoms with van der Waals surface area (Å²) in [5, 5.41) is 2.29. The first-order valence-corrected chi connectivity index (χ1v) is 11.1. The minimum absolute atomic E-state index is 0.370. The number of hydrogen-bond donors (Lipinski definition) is 0. The average molecular weight is 539 g/mol. The standard InChI is InChI=1S/C21H15BCl6O3/c1-29-19-4-10(13(23)7-16(19)26)22(11-5-20(30-2)17(27)8-14(11)24)12-6-21(31-3)18(28)9-15(12)25/h4-9H,1-3H3. The normalized spacial score (nSPS) is 10.7. The van der Waals surface area contributed by atoms with Gasteiger partial charge in [0.1, 0.15) is 17.2 Å². The number of ether oxygens (including phenoxy) is 3. The number of hydrogen-bond acceptors (Lipinski definition) is 3. The molecule has 0 aromatic heterocycles. The van der Waals surface area contributed by atoms with Crippen LogP contribution in [0.2, 0.25) is 30.1 Å². The second-order valence-corrected chi connectivity index (χ2v) is 8.90. The van der Waals surface area contributed by atoms with Crippen molar-refractivity contribution in [2.75, 3.05) is 21.3 Å². The fourth-order valence-electron chi connectivity index (χ4n) is 3.27. The van der Waals surface area contributed by atoms with Crippen LogP contribution in [-0.2, 0) is 0 Å². The molecule has 0 spiro atoms. The number of halogens is 6. The van der Waals surface area contributed by atoms with E-state index in [0.717, 1.165) is 0 Å². The summed E-state index contributed by atoms with van der Waals surface area (Å²) in [5.41, 5.74) is 1.96. The van der Waals surface area contributed by atoms with Crippen LogP contribution in [0.15, 0.2) is 36.4 Å². The summed E-state index contributed by atoms with van der Waals surface area (Å²) in [4.78, 5) is 0. The first-order chi connectivity index (χ1) is 14.7. The summed E-state index contributed by atoms with van der Waals surface area (Å²) in [7, 11) is 4.56. The van der Waals surface area contributed by atoms with Gasteiger partial charge in [-0.25, -0.2) is 0 Å². The van der Waals surface area contributed by atoms with Gasteiger partial charge in [0, 0.05) is 15.1 Å². The van der Waals surface area contributed by atoms with Crippen LogP contribution in [-0.4, -0.2) is 28.0 Å². The number of methoxy groups -OCH3 is 3. The Bertz CT molecular complexity index is 997. The van der Waals surface area contributed by atoms with Crippen LogP contribution in [0, 0.1) is 0 Å². The van der Waals surface area contributed by atoms with Gasteiger partial charge in [-0.05, 0) is 52.8 Å². The van der Waals surface area contributed by atoms with Crippen LogP contribution in [0.1, 0.15) is 0 Å². The van der Waals surface area contributed by atoms with Crippen LogP contribution < -0.4 is 30.6 Å². The molecule has 0 aliphatic rings. The lowest BCUT2D eigenvalue weighted by Gasteiger charge is -2.22. The van der Waals surface area contributed by atoms with E-state index >= 15 is 0 Å². The molecule has 0 bridgehead atoms. The van der Waals surface area contributed by atoms with E-state index in [9.17, 15) is 0 Å². The zero-order valence-corrected chi connectivity index (χ0v) is 21.1. The van der Waals surface area contributed by atoms with E-state index in [1.807, 2.05) is 0 Å². The first-order valence-electron chi connectivity index (χ1n) is 8.80. The van der Waals surface area contributed by atoms with Crippen molar-refractivity contribution in [2.24, 2.45) is 0 Å². The van der Waals surface area contributed by atoms with Crippen molar-refractivity contribution in [1.29, 1.82) is 0 Å². The molecule has 0 unspecified atom stereocenters. The van der Waals surface area contributed by atoms with Gasteiger partial charge in [-0.1, -0.05) is 69.6 Å². The van der Waals surface area contributed by atoms with Gasteiger partial charge in [0.05, 0.1) is 36.4 Å². The summed E-state index contributed by atoms with van der Waals surface area (Å²) in [5.74, 6) is 1.33. The third-order valence-electron chi connectivity index (χ3n) is 4.75. The van der Waals surface area contributed by atoms with E-state index in [-0.39, 0.29) is 0 Å². The molecule has 0 heterocycles. The smallest absolute Gasteiger partial charge is 0.247 e. The van der Waals surface area contributed by atoms with Crippen molar-refractivity contribution in [1.82, 2.24) is 0 Å². The highest BCUT2D eigenvalue weighted by Crippen LogP contribution is 2.31. The van der Waals surface area contributed by atoms with Gasteiger partial charge >= 0.3 is 0 Å². The Morgan fingerprint density at radius 3 is 0.935 bits per heavy atom. The van der Waals surface area contributed by atoms with Gasteiger partial charge in [-0.2, -0.15) is 0 Å². The average Bonchev–Trinajstić information content (AvgIpc) is 2.72. The van der Waals surface area contributed by atoms with E-state index in [0.29, 0.717) is 63.8 Å². The molecular formula is C21H15BCl6O3. The largest absolute Gasteiger partial charge is 0.495 e. The molecular weight excluding hydrogens is 524 g/mol. The SMILES string of the molecule is COc1cc(B(c2cc(OC)c(Cl)cc2Cl)c2cc(OC)c(Cl)cc2Cl)c(Cl)cc1Cl. The lowest BCUT2D eigenvalue weighted by Crippen LogP contribution is -2.53. The van der Waals surface area contributed by atoms with Crippen LogP contribution >= 0.6 is 69.6 Å². The Balaban J connectivity index is 2.40. The molecule has 0 N–H and O–H groups in total. The fourth-order valence-corrected chi connectivity index (χ4v) is 4.98. The first kappa shape index (κ1) is 24.5. The Morgan fingerprint density at radius 2 is 0.710 bits per heavy atom. The van der Waals surface area contributed by atoms with Gasteiger partial charge < -0.3 is 14.2 Å². The van der Waals surface area contributed by atoms with Gasteiger partial charge in [0.15, 0.2) is 0 Å². The minimum atomic E-state index is -0.545. The molecule has 0 saturated carbocycles.